The number of ether oxygens (including phenoxy) is 1. The van der Waals surface area contributed by atoms with Crippen LogP contribution in [-0.4, -0.2) is 33.3 Å². The van der Waals surface area contributed by atoms with Gasteiger partial charge in [0, 0.05) is 17.7 Å². The summed E-state index contributed by atoms with van der Waals surface area (Å²) in [5.41, 5.74) is 2.01. The van der Waals surface area contributed by atoms with Gasteiger partial charge in [0.2, 0.25) is 10.0 Å². The molecule has 160 valence electrons. The Labute approximate surface area is 180 Å². The lowest BCUT2D eigenvalue weighted by Gasteiger charge is -2.08. The number of ketones is 1. The topological polar surface area (TPSA) is 116 Å². The summed E-state index contributed by atoms with van der Waals surface area (Å²) in [7, 11) is -3.71. The van der Waals surface area contributed by atoms with E-state index >= 15 is 0 Å². The molecular weight excluding hydrogens is 416 g/mol. The van der Waals surface area contributed by atoms with Crippen molar-refractivity contribution in [3.63, 3.8) is 0 Å². The number of primary sulfonamides is 1. The third-order valence-electron chi connectivity index (χ3n) is 4.51. The van der Waals surface area contributed by atoms with E-state index in [4.69, 9.17) is 9.88 Å². The van der Waals surface area contributed by atoms with Gasteiger partial charge < -0.3 is 10.1 Å². The maximum absolute atomic E-state index is 12.4. The minimum atomic E-state index is -3.71. The van der Waals surface area contributed by atoms with Crippen LogP contribution in [0.15, 0.2) is 83.8 Å². The highest BCUT2D eigenvalue weighted by atomic mass is 32.2. The van der Waals surface area contributed by atoms with Crippen molar-refractivity contribution in [2.75, 3.05) is 13.2 Å². The first-order chi connectivity index (χ1) is 14.8. The maximum Gasteiger partial charge on any atom is 0.257 e. The number of carbonyl (C=O) groups excluding carboxylic acids is 2. The summed E-state index contributed by atoms with van der Waals surface area (Å²) < 4.78 is 27.9. The van der Waals surface area contributed by atoms with Crippen molar-refractivity contribution < 1.29 is 22.7 Å². The monoisotopic (exact) mass is 438 g/mol. The zero-order valence-corrected chi connectivity index (χ0v) is 17.5. The number of rotatable bonds is 9. The average molecular weight is 439 g/mol. The van der Waals surface area contributed by atoms with Crippen LogP contribution < -0.4 is 15.2 Å². The van der Waals surface area contributed by atoms with E-state index in [2.05, 4.69) is 5.32 Å². The van der Waals surface area contributed by atoms with Crippen LogP contribution in [0.4, 0.5) is 0 Å². The molecule has 31 heavy (non-hydrogen) atoms. The van der Waals surface area contributed by atoms with Gasteiger partial charge in [0.15, 0.2) is 12.4 Å². The second-order valence-corrected chi connectivity index (χ2v) is 8.36. The Balaban J connectivity index is 1.43. The Kier molecular flexibility index (Phi) is 7.17. The van der Waals surface area contributed by atoms with E-state index in [1.165, 1.54) is 12.1 Å². The molecule has 0 aliphatic heterocycles. The molecule has 0 saturated heterocycles. The fraction of sp³-hybridized carbons (Fsp3) is 0.130. The first kappa shape index (κ1) is 22.2. The van der Waals surface area contributed by atoms with Crippen molar-refractivity contribution in [1.29, 1.82) is 0 Å². The summed E-state index contributed by atoms with van der Waals surface area (Å²) in [5, 5.41) is 7.80. The van der Waals surface area contributed by atoms with Crippen LogP contribution in [0.1, 0.15) is 21.5 Å². The van der Waals surface area contributed by atoms with Crippen molar-refractivity contribution in [3.8, 4) is 5.75 Å². The molecule has 3 aromatic carbocycles. The first-order valence-electron chi connectivity index (χ1n) is 9.54. The van der Waals surface area contributed by atoms with Crippen LogP contribution in [0.3, 0.4) is 0 Å². The average Bonchev–Trinajstić information content (AvgIpc) is 2.78. The van der Waals surface area contributed by atoms with Crippen molar-refractivity contribution in [1.82, 2.24) is 5.32 Å². The normalized spacial score (nSPS) is 11.0. The lowest BCUT2D eigenvalue weighted by atomic mass is 10.0. The molecule has 0 heterocycles. The van der Waals surface area contributed by atoms with Gasteiger partial charge in [-0.05, 0) is 48.4 Å². The van der Waals surface area contributed by atoms with Gasteiger partial charge in [0.05, 0.1) is 4.90 Å². The van der Waals surface area contributed by atoms with Gasteiger partial charge in [0.1, 0.15) is 5.75 Å². The minimum absolute atomic E-state index is 0.0465. The fourth-order valence-corrected chi connectivity index (χ4v) is 3.37. The molecule has 3 N–H and O–H groups in total. The van der Waals surface area contributed by atoms with Gasteiger partial charge in [-0.15, -0.1) is 0 Å². The summed E-state index contributed by atoms with van der Waals surface area (Å²) in [4.78, 5) is 24.4. The SMILES string of the molecule is NS(=O)(=O)c1ccc(CCNC(=O)COc2ccc(C(=O)c3ccccc3)cc2)cc1. The zero-order chi connectivity index (χ0) is 22.3. The fourth-order valence-electron chi connectivity index (χ4n) is 2.85. The molecule has 3 aromatic rings. The molecule has 7 nitrogen and oxygen atoms in total. The number of sulfonamides is 1. The van der Waals surface area contributed by atoms with Gasteiger partial charge in [0.25, 0.3) is 5.91 Å². The predicted molar refractivity (Wildman–Crippen MR) is 116 cm³/mol. The highest BCUT2D eigenvalue weighted by Gasteiger charge is 2.09. The number of benzene rings is 3. The maximum atomic E-state index is 12.4. The minimum Gasteiger partial charge on any atom is -0.484 e. The standard InChI is InChI=1S/C23H22N2O5S/c24-31(28,29)21-12-6-17(7-13-21)14-15-25-22(26)16-30-20-10-8-19(9-11-20)23(27)18-4-2-1-3-5-18/h1-13H,14-16H2,(H,25,26)(H2,24,28,29). The number of amides is 1. The van der Waals surface area contributed by atoms with E-state index in [0.717, 1.165) is 5.56 Å². The molecule has 0 radical (unpaired) electrons. The molecule has 0 spiro atoms. The quantitative estimate of drug-likeness (QED) is 0.498. The lowest BCUT2D eigenvalue weighted by Crippen LogP contribution is -2.30. The van der Waals surface area contributed by atoms with Crippen LogP contribution in [0, 0.1) is 0 Å². The van der Waals surface area contributed by atoms with Crippen molar-refractivity contribution in [2.45, 2.75) is 11.3 Å². The lowest BCUT2D eigenvalue weighted by molar-refractivity contribution is -0.123. The number of hydrogen-bond acceptors (Lipinski definition) is 5. The van der Waals surface area contributed by atoms with E-state index in [1.54, 1.807) is 48.5 Å². The van der Waals surface area contributed by atoms with Crippen LogP contribution in [0.25, 0.3) is 0 Å². The van der Waals surface area contributed by atoms with E-state index < -0.39 is 10.0 Å². The molecule has 0 fully saturated rings. The van der Waals surface area contributed by atoms with Crippen LogP contribution in [0.2, 0.25) is 0 Å². The summed E-state index contributed by atoms with van der Waals surface area (Å²) in [6.07, 6.45) is 0.535. The Hall–Kier alpha value is -3.49. The van der Waals surface area contributed by atoms with E-state index in [9.17, 15) is 18.0 Å². The van der Waals surface area contributed by atoms with Crippen LogP contribution >= 0.6 is 0 Å². The molecule has 0 aliphatic carbocycles. The van der Waals surface area contributed by atoms with Gasteiger partial charge in [-0.3, -0.25) is 9.59 Å². The Morgan fingerprint density at radius 1 is 0.839 bits per heavy atom. The number of nitrogens with one attached hydrogen (secondary N) is 1. The van der Waals surface area contributed by atoms with E-state index in [1.807, 2.05) is 18.2 Å². The largest absolute Gasteiger partial charge is 0.484 e. The molecule has 0 atom stereocenters. The first-order valence-corrected chi connectivity index (χ1v) is 11.1. The number of carbonyl (C=O) groups is 2. The van der Waals surface area contributed by atoms with Gasteiger partial charge in [-0.25, -0.2) is 13.6 Å². The zero-order valence-electron chi connectivity index (χ0n) is 16.7. The Morgan fingerprint density at radius 3 is 2.06 bits per heavy atom. The third kappa shape index (κ3) is 6.50. The Morgan fingerprint density at radius 2 is 1.45 bits per heavy atom. The van der Waals surface area contributed by atoms with E-state index in [-0.39, 0.29) is 23.2 Å². The number of nitrogens with two attached hydrogens (primary N) is 1. The third-order valence-corrected chi connectivity index (χ3v) is 5.44. The van der Waals surface area contributed by atoms with Crippen LogP contribution in [0.5, 0.6) is 5.75 Å². The molecule has 0 aromatic heterocycles. The van der Waals surface area contributed by atoms with Gasteiger partial charge >= 0.3 is 0 Å². The predicted octanol–water partition coefficient (Wildman–Crippen LogP) is 2.30. The molecule has 0 saturated carbocycles. The molecular formula is C23H22N2O5S. The van der Waals surface area contributed by atoms with Crippen molar-refractivity contribution >= 4 is 21.7 Å². The Bertz CT molecular complexity index is 1140. The van der Waals surface area contributed by atoms with Crippen molar-refractivity contribution in [2.24, 2.45) is 5.14 Å². The molecule has 0 aliphatic rings. The second-order valence-electron chi connectivity index (χ2n) is 6.80. The van der Waals surface area contributed by atoms with Crippen LogP contribution in [-0.2, 0) is 21.2 Å². The molecule has 8 heteroatoms. The number of hydrogen-bond donors (Lipinski definition) is 2. The van der Waals surface area contributed by atoms with Crippen molar-refractivity contribution in [3.05, 3.63) is 95.6 Å². The highest BCUT2D eigenvalue weighted by Crippen LogP contribution is 2.15. The highest BCUT2D eigenvalue weighted by molar-refractivity contribution is 7.89. The molecule has 3 rings (SSSR count). The molecule has 0 unspecified atom stereocenters. The second kappa shape index (κ2) is 10.0. The summed E-state index contributed by atoms with van der Waals surface area (Å²) in [6, 6.07) is 21.8. The van der Waals surface area contributed by atoms with E-state index in [0.29, 0.717) is 29.8 Å². The molecule has 0 bridgehead atoms. The smallest absolute Gasteiger partial charge is 0.257 e. The summed E-state index contributed by atoms with van der Waals surface area (Å²) in [5.74, 6) is 0.117. The van der Waals surface area contributed by atoms with Gasteiger partial charge in [-0.1, -0.05) is 42.5 Å². The van der Waals surface area contributed by atoms with Gasteiger partial charge in [-0.2, -0.15) is 0 Å². The molecule has 1 amide bonds. The summed E-state index contributed by atoms with van der Waals surface area (Å²) >= 11 is 0. The summed E-state index contributed by atoms with van der Waals surface area (Å²) in [6.45, 7) is 0.220.